The fourth-order valence-electron chi connectivity index (χ4n) is 1.89. The highest BCUT2D eigenvalue weighted by Gasteiger charge is 1.98. The van der Waals surface area contributed by atoms with Gasteiger partial charge in [0.05, 0.1) is 6.33 Å². The molecule has 0 spiro atoms. The van der Waals surface area contributed by atoms with Gasteiger partial charge in [-0.15, -0.1) is 24.8 Å². The van der Waals surface area contributed by atoms with Crippen LogP contribution in [-0.2, 0) is 13.1 Å². The first-order valence-electron chi connectivity index (χ1n) is 6.17. The van der Waals surface area contributed by atoms with Gasteiger partial charge in [0.1, 0.15) is 0 Å². The van der Waals surface area contributed by atoms with Crippen LogP contribution in [0.4, 0.5) is 0 Å². The van der Waals surface area contributed by atoms with Gasteiger partial charge in [-0.2, -0.15) is 0 Å². The summed E-state index contributed by atoms with van der Waals surface area (Å²) in [5.41, 5.74) is 2.55. The molecule has 0 unspecified atom stereocenters. The van der Waals surface area contributed by atoms with Crippen molar-refractivity contribution in [2.45, 2.75) is 26.4 Å². The lowest BCUT2D eigenvalue weighted by atomic mass is 10.1. The van der Waals surface area contributed by atoms with Crippen molar-refractivity contribution >= 4 is 36.4 Å². The third kappa shape index (κ3) is 6.14. The molecule has 0 aliphatic rings. The molecule has 0 radical (unpaired) electrons. The summed E-state index contributed by atoms with van der Waals surface area (Å²) >= 11 is 5.93. The van der Waals surface area contributed by atoms with E-state index in [4.69, 9.17) is 11.6 Å². The summed E-state index contributed by atoms with van der Waals surface area (Å²) in [4.78, 5) is 4.02. The van der Waals surface area contributed by atoms with Crippen molar-refractivity contribution in [3.63, 3.8) is 0 Å². The lowest BCUT2D eigenvalue weighted by Crippen LogP contribution is -2.16. The van der Waals surface area contributed by atoms with Crippen molar-refractivity contribution in [1.29, 1.82) is 0 Å². The van der Waals surface area contributed by atoms with E-state index in [0.717, 1.165) is 31.1 Å². The summed E-state index contributed by atoms with van der Waals surface area (Å²) < 4.78 is 2.09. The number of nitrogens with zero attached hydrogens (tertiary/aromatic N) is 2. The lowest BCUT2D eigenvalue weighted by Gasteiger charge is -2.08. The standard InChI is InChI=1S/C14H18ClN3.2ClH/c1-12-9-14(15)4-3-13(12)10-16-5-2-7-18-8-6-17-11-18;;/h3-4,6,8-9,11,16H,2,5,7,10H2,1H3;2*1H. The Kier molecular flexibility index (Phi) is 9.68. The SMILES string of the molecule is Cc1cc(Cl)ccc1CNCCCn1ccnc1.Cl.Cl. The van der Waals surface area contributed by atoms with Crippen LogP contribution in [0.3, 0.4) is 0 Å². The maximum absolute atomic E-state index is 5.93. The molecule has 0 saturated heterocycles. The molecule has 3 nitrogen and oxygen atoms in total. The van der Waals surface area contributed by atoms with Gasteiger partial charge in [-0.05, 0) is 43.1 Å². The number of aryl methyl sites for hydroxylation is 2. The van der Waals surface area contributed by atoms with Crippen molar-refractivity contribution in [2.75, 3.05) is 6.54 Å². The van der Waals surface area contributed by atoms with E-state index in [-0.39, 0.29) is 24.8 Å². The predicted molar refractivity (Wildman–Crippen MR) is 89.2 cm³/mol. The molecule has 1 aromatic heterocycles. The number of benzene rings is 1. The minimum Gasteiger partial charge on any atom is -0.337 e. The largest absolute Gasteiger partial charge is 0.337 e. The van der Waals surface area contributed by atoms with Crippen LogP contribution in [0.15, 0.2) is 36.9 Å². The van der Waals surface area contributed by atoms with Crippen molar-refractivity contribution < 1.29 is 0 Å². The highest BCUT2D eigenvalue weighted by molar-refractivity contribution is 6.30. The Labute approximate surface area is 137 Å². The van der Waals surface area contributed by atoms with Crippen molar-refractivity contribution in [2.24, 2.45) is 0 Å². The molecule has 0 bridgehead atoms. The normalized spacial score (nSPS) is 9.70. The molecule has 1 heterocycles. The summed E-state index contributed by atoms with van der Waals surface area (Å²) in [6.07, 6.45) is 6.75. The Morgan fingerprint density at radius 1 is 1.30 bits per heavy atom. The molecule has 0 amide bonds. The fraction of sp³-hybridized carbons (Fsp3) is 0.357. The average Bonchev–Trinajstić information content (AvgIpc) is 2.84. The third-order valence-electron chi connectivity index (χ3n) is 2.95. The molecule has 0 aliphatic heterocycles. The maximum Gasteiger partial charge on any atom is 0.0945 e. The predicted octanol–water partition coefficient (Wildman–Crippen LogP) is 3.87. The van der Waals surface area contributed by atoms with Gasteiger partial charge in [0.2, 0.25) is 0 Å². The molecule has 2 aromatic rings. The van der Waals surface area contributed by atoms with E-state index >= 15 is 0 Å². The molecule has 6 heteroatoms. The number of nitrogens with one attached hydrogen (secondary N) is 1. The van der Waals surface area contributed by atoms with Crippen LogP contribution in [0.1, 0.15) is 17.5 Å². The summed E-state index contributed by atoms with van der Waals surface area (Å²) in [5, 5.41) is 4.25. The first-order chi connectivity index (χ1) is 8.75. The maximum atomic E-state index is 5.93. The molecule has 1 N–H and O–H groups in total. The van der Waals surface area contributed by atoms with Crippen LogP contribution in [-0.4, -0.2) is 16.1 Å². The number of halogens is 3. The number of aromatic nitrogens is 2. The fourth-order valence-corrected chi connectivity index (χ4v) is 2.11. The van der Waals surface area contributed by atoms with Crippen LogP contribution in [0, 0.1) is 6.92 Å². The molecule has 0 saturated carbocycles. The van der Waals surface area contributed by atoms with Gasteiger partial charge in [0.25, 0.3) is 0 Å². The minimum absolute atomic E-state index is 0. The zero-order chi connectivity index (χ0) is 12.8. The minimum atomic E-state index is 0. The second kappa shape index (κ2) is 10.1. The van der Waals surface area contributed by atoms with E-state index in [1.807, 2.05) is 30.9 Å². The van der Waals surface area contributed by atoms with Gasteiger partial charge in [-0.25, -0.2) is 4.98 Å². The number of hydrogen-bond acceptors (Lipinski definition) is 2. The molecule has 1 aromatic carbocycles. The molecular formula is C14H20Cl3N3. The Balaban J connectivity index is 0.00000180. The van der Waals surface area contributed by atoms with Gasteiger partial charge in [-0.3, -0.25) is 0 Å². The summed E-state index contributed by atoms with van der Waals surface area (Å²) in [6.45, 7) is 4.99. The second-order valence-corrected chi connectivity index (χ2v) is 4.84. The van der Waals surface area contributed by atoms with Crippen LogP contribution in [0.2, 0.25) is 5.02 Å². The summed E-state index contributed by atoms with van der Waals surface area (Å²) in [7, 11) is 0. The van der Waals surface area contributed by atoms with E-state index in [1.165, 1.54) is 11.1 Å². The van der Waals surface area contributed by atoms with E-state index in [1.54, 1.807) is 0 Å². The molecule has 0 fully saturated rings. The number of imidazole rings is 1. The number of hydrogen-bond donors (Lipinski definition) is 1. The highest BCUT2D eigenvalue weighted by Crippen LogP contribution is 2.14. The first kappa shape index (κ1) is 19.3. The van der Waals surface area contributed by atoms with Crippen LogP contribution >= 0.6 is 36.4 Å². The zero-order valence-electron chi connectivity index (χ0n) is 11.4. The Morgan fingerprint density at radius 3 is 2.75 bits per heavy atom. The molecule has 0 aliphatic carbocycles. The van der Waals surface area contributed by atoms with Crippen molar-refractivity contribution in [3.05, 3.63) is 53.1 Å². The third-order valence-corrected chi connectivity index (χ3v) is 3.18. The molecule has 112 valence electrons. The average molecular weight is 337 g/mol. The van der Waals surface area contributed by atoms with Crippen molar-refractivity contribution in [1.82, 2.24) is 14.9 Å². The van der Waals surface area contributed by atoms with Gasteiger partial charge in [0, 0.05) is 30.5 Å². The highest BCUT2D eigenvalue weighted by atomic mass is 35.5. The zero-order valence-corrected chi connectivity index (χ0v) is 13.8. The van der Waals surface area contributed by atoms with Gasteiger partial charge in [-0.1, -0.05) is 17.7 Å². The summed E-state index contributed by atoms with van der Waals surface area (Å²) in [6, 6.07) is 6.03. The van der Waals surface area contributed by atoms with Crippen LogP contribution < -0.4 is 5.32 Å². The Hall–Kier alpha value is -0.740. The lowest BCUT2D eigenvalue weighted by molar-refractivity contribution is 0.580. The van der Waals surface area contributed by atoms with Crippen LogP contribution in [0.25, 0.3) is 0 Å². The smallest absolute Gasteiger partial charge is 0.0945 e. The number of rotatable bonds is 6. The van der Waals surface area contributed by atoms with Gasteiger partial charge >= 0.3 is 0 Å². The van der Waals surface area contributed by atoms with E-state index in [9.17, 15) is 0 Å². The molecule has 2 rings (SSSR count). The second-order valence-electron chi connectivity index (χ2n) is 4.40. The van der Waals surface area contributed by atoms with Crippen LogP contribution in [0.5, 0.6) is 0 Å². The topological polar surface area (TPSA) is 29.9 Å². The van der Waals surface area contributed by atoms with E-state index < -0.39 is 0 Å². The Morgan fingerprint density at radius 2 is 2.10 bits per heavy atom. The Bertz CT molecular complexity index is 486. The summed E-state index contributed by atoms with van der Waals surface area (Å²) in [5.74, 6) is 0. The molecular weight excluding hydrogens is 317 g/mol. The molecule has 20 heavy (non-hydrogen) atoms. The van der Waals surface area contributed by atoms with E-state index in [2.05, 4.69) is 27.9 Å². The quantitative estimate of drug-likeness (QED) is 0.812. The molecule has 0 atom stereocenters. The van der Waals surface area contributed by atoms with E-state index in [0.29, 0.717) is 0 Å². The first-order valence-corrected chi connectivity index (χ1v) is 6.55. The van der Waals surface area contributed by atoms with Crippen molar-refractivity contribution in [3.8, 4) is 0 Å². The van der Waals surface area contributed by atoms with Gasteiger partial charge in [0.15, 0.2) is 0 Å². The monoisotopic (exact) mass is 335 g/mol. The van der Waals surface area contributed by atoms with Gasteiger partial charge < -0.3 is 9.88 Å².